The normalized spacial score (nSPS) is 19.6. The second kappa shape index (κ2) is 6.66. The Bertz CT molecular complexity index is 635. The summed E-state index contributed by atoms with van der Waals surface area (Å²) in [6.45, 7) is 5.17. The Kier molecular flexibility index (Phi) is 4.63. The summed E-state index contributed by atoms with van der Waals surface area (Å²) < 4.78 is 2.08. The van der Waals surface area contributed by atoms with Crippen molar-refractivity contribution in [3.05, 3.63) is 33.2 Å². The minimum absolute atomic E-state index is 0.0946. The molecule has 22 heavy (non-hydrogen) atoms. The van der Waals surface area contributed by atoms with Crippen LogP contribution in [0.5, 0.6) is 0 Å². The molecule has 118 valence electrons. The maximum atomic E-state index is 12.9. The van der Waals surface area contributed by atoms with Gasteiger partial charge in [0.2, 0.25) is 0 Å². The van der Waals surface area contributed by atoms with Crippen molar-refractivity contribution < 1.29 is 0 Å². The molecule has 1 saturated carbocycles. The second-order valence-corrected chi connectivity index (χ2v) is 6.56. The van der Waals surface area contributed by atoms with Crippen LogP contribution < -0.4 is 5.56 Å². The average Bonchev–Trinajstić information content (AvgIpc) is 2.56. The second-order valence-electron chi connectivity index (χ2n) is 6.56. The van der Waals surface area contributed by atoms with Gasteiger partial charge in [0.15, 0.2) is 0 Å². The van der Waals surface area contributed by atoms with Crippen LogP contribution in [0, 0.1) is 11.3 Å². The Morgan fingerprint density at radius 1 is 1.32 bits per heavy atom. The van der Waals surface area contributed by atoms with Crippen molar-refractivity contribution in [2.45, 2.75) is 64.5 Å². The summed E-state index contributed by atoms with van der Waals surface area (Å²) in [5.41, 5.74) is 3.29. The number of fused-ring (bicyclic) bond motifs is 1. The summed E-state index contributed by atoms with van der Waals surface area (Å²) in [5.74, 6) is 0. The minimum Gasteiger partial charge on any atom is -0.309 e. The minimum atomic E-state index is 0.0946. The molecule has 0 aromatic carbocycles. The maximum Gasteiger partial charge on any atom is 0.255 e. The Balaban J connectivity index is 2.08. The molecule has 0 unspecified atom stereocenters. The largest absolute Gasteiger partial charge is 0.309 e. The first-order valence-corrected chi connectivity index (χ1v) is 8.60. The monoisotopic (exact) mass is 299 g/mol. The van der Waals surface area contributed by atoms with Crippen molar-refractivity contribution in [3.8, 4) is 6.07 Å². The quantitative estimate of drug-likeness (QED) is 0.862. The van der Waals surface area contributed by atoms with E-state index in [-0.39, 0.29) is 12.0 Å². The van der Waals surface area contributed by atoms with Crippen LogP contribution in [0.3, 0.4) is 0 Å². The molecule has 1 aromatic rings. The zero-order valence-corrected chi connectivity index (χ0v) is 13.5. The molecule has 1 aliphatic carbocycles. The summed E-state index contributed by atoms with van der Waals surface area (Å²) in [6.07, 6.45) is 7.13. The third kappa shape index (κ3) is 2.83. The molecule has 4 heteroatoms. The van der Waals surface area contributed by atoms with Crippen LogP contribution in [0.2, 0.25) is 0 Å². The average molecular weight is 299 g/mol. The highest BCUT2D eigenvalue weighted by molar-refractivity contribution is 5.31. The Morgan fingerprint density at radius 2 is 2.09 bits per heavy atom. The van der Waals surface area contributed by atoms with Crippen molar-refractivity contribution >= 4 is 0 Å². The van der Waals surface area contributed by atoms with Crippen LogP contribution in [0.15, 0.2) is 10.9 Å². The van der Waals surface area contributed by atoms with E-state index in [4.69, 9.17) is 5.26 Å². The first kappa shape index (κ1) is 15.3. The molecule has 1 aliphatic heterocycles. The van der Waals surface area contributed by atoms with E-state index in [9.17, 15) is 4.79 Å². The van der Waals surface area contributed by atoms with Gasteiger partial charge in [-0.2, -0.15) is 5.26 Å². The number of nitriles is 1. The summed E-state index contributed by atoms with van der Waals surface area (Å²) >= 11 is 0. The molecule has 4 nitrogen and oxygen atoms in total. The molecule has 0 radical (unpaired) electrons. The van der Waals surface area contributed by atoms with Gasteiger partial charge in [0.25, 0.3) is 5.56 Å². The number of aromatic nitrogens is 1. The first-order chi connectivity index (χ1) is 10.7. The number of likely N-dealkylation sites (N-methyl/N-ethyl adjacent to an activating group) is 1. The van der Waals surface area contributed by atoms with Crippen LogP contribution in [0.25, 0.3) is 0 Å². The Morgan fingerprint density at radius 3 is 2.77 bits per heavy atom. The van der Waals surface area contributed by atoms with E-state index in [0.717, 1.165) is 38.9 Å². The van der Waals surface area contributed by atoms with Crippen molar-refractivity contribution in [1.29, 1.82) is 5.26 Å². The molecular weight excluding hydrogens is 274 g/mol. The van der Waals surface area contributed by atoms with Crippen molar-refractivity contribution in [3.63, 3.8) is 0 Å². The lowest BCUT2D eigenvalue weighted by atomic mass is 9.93. The molecule has 0 N–H and O–H groups in total. The third-order valence-corrected chi connectivity index (χ3v) is 5.22. The molecular formula is C18H25N3O. The Labute approximate surface area is 132 Å². The van der Waals surface area contributed by atoms with Gasteiger partial charge in [-0.15, -0.1) is 0 Å². The standard InChI is InChI=1S/C18H25N3O/c1-2-20-11-9-17-15(13-20)12-14(8-10-19)18(22)21(17)16-6-4-3-5-7-16/h12,16H,2-9,11,13H2,1H3. The van der Waals surface area contributed by atoms with Gasteiger partial charge in [-0.1, -0.05) is 26.2 Å². The van der Waals surface area contributed by atoms with E-state index in [0.29, 0.717) is 11.6 Å². The van der Waals surface area contributed by atoms with Gasteiger partial charge in [-0.3, -0.25) is 9.69 Å². The lowest BCUT2D eigenvalue weighted by Crippen LogP contribution is -2.38. The molecule has 2 heterocycles. The Hall–Kier alpha value is -1.60. The van der Waals surface area contributed by atoms with Crippen LogP contribution in [0.1, 0.15) is 61.9 Å². The molecule has 0 saturated heterocycles. The summed E-state index contributed by atoms with van der Waals surface area (Å²) in [6, 6.07) is 4.51. The fourth-order valence-corrected chi connectivity index (χ4v) is 4.00. The van der Waals surface area contributed by atoms with E-state index in [1.54, 1.807) is 0 Å². The van der Waals surface area contributed by atoms with Gasteiger partial charge in [0, 0.05) is 36.8 Å². The fourth-order valence-electron chi connectivity index (χ4n) is 4.00. The number of pyridine rings is 1. The van der Waals surface area contributed by atoms with E-state index in [1.807, 2.05) is 6.07 Å². The summed E-state index contributed by atoms with van der Waals surface area (Å²) in [5, 5.41) is 9.04. The van der Waals surface area contributed by atoms with E-state index >= 15 is 0 Å². The number of nitrogens with zero attached hydrogens (tertiary/aromatic N) is 3. The van der Waals surface area contributed by atoms with Gasteiger partial charge in [0.1, 0.15) is 0 Å². The molecule has 0 bridgehead atoms. The van der Waals surface area contributed by atoms with Gasteiger partial charge in [0.05, 0.1) is 12.5 Å². The molecule has 0 amide bonds. The van der Waals surface area contributed by atoms with E-state index in [2.05, 4.69) is 22.5 Å². The topological polar surface area (TPSA) is 49.0 Å². The molecule has 1 fully saturated rings. The van der Waals surface area contributed by atoms with Gasteiger partial charge < -0.3 is 4.57 Å². The van der Waals surface area contributed by atoms with Crippen molar-refractivity contribution in [2.75, 3.05) is 13.1 Å². The van der Waals surface area contributed by atoms with Gasteiger partial charge in [-0.05, 0) is 31.0 Å². The highest BCUT2D eigenvalue weighted by Gasteiger charge is 2.25. The zero-order chi connectivity index (χ0) is 15.5. The highest BCUT2D eigenvalue weighted by Crippen LogP contribution is 2.30. The molecule has 0 spiro atoms. The van der Waals surface area contributed by atoms with Crippen LogP contribution in [-0.2, 0) is 19.4 Å². The lowest BCUT2D eigenvalue weighted by molar-refractivity contribution is 0.252. The highest BCUT2D eigenvalue weighted by atomic mass is 16.1. The lowest BCUT2D eigenvalue weighted by Gasteiger charge is -2.34. The van der Waals surface area contributed by atoms with Crippen LogP contribution in [-0.4, -0.2) is 22.6 Å². The predicted molar refractivity (Wildman–Crippen MR) is 86.8 cm³/mol. The molecule has 1 aromatic heterocycles. The van der Waals surface area contributed by atoms with Gasteiger partial charge >= 0.3 is 0 Å². The fraction of sp³-hybridized carbons (Fsp3) is 0.667. The zero-order valence-electron chi connectivity index (χ0n) is 13.5. The number of hydrogen-bond donors (Lipinski definition) is 0. The molecule has 3 rings (SSSR count). The SMILES string of the molecule is CCN1CCc2c(cc(CC#N)c(=O)n2C2CCCCC2)C1. The van der Waals surface area contributed by atoms with Gasteiger partial charge in [-0.25, -0.2) is 0 Å². The smallest absolute Gasteiger partial charge is 0.255 e. The van der Waals surface area contributed by atoms with E-state index < -0.39 is 0 Å². The molecule has 2 aliphatic rings. The van der Waals surface area contributed by atoms with Crippen LogP contribution in [0.4, 0.5) is 0 Å². The van der Waals surface area contributed by atoms with Crippen LogP contribution >= 0.6 is 0 Å². The number of rotatable bonds is 3. The maximum absolute atomic E-state index is 12.9. The van der Waals surface area contributed by atoms with Crippen molar-refractivity contribution in [1.82, 2.24) is 9.47 Å². The predicted octanol–water partition coefficient (Wildman–Crippen LogP) is 2.80. The molecule has 0 atom stereocenters. The first-order valence-electron chi connectivity index (χ1n) is 8.60. The number of hydrogen-bond acceptors (Lipinski definition) is 3. The van der Waals surface area contributed by atoms with E-state index in [1.165, 1.54) is 30.5 Å². The third-order valence-electron chi connectivity index (χ3n) is 5.22. The summed E-state index contributed by atoms with van der Waals surface area (Å²) in [4.78, 5) is 15.3. The van der Waals surface area contributed by atoms with Crippen molar-refractivity contribution in [2.24, 2.45) is 0 Å². The summed E-state index contributed by atoms with van der Waals surface area (Å²) in [7, 11) is 0.